The normalized spacial score (nSPS) is 22.8. The lowest BCUT2D eigenvalue weighted by Crippen LogP contribution is -2.42. The third-order valence-electron chi connectivity index (χ3n) is 4.47. The van der Waals surface area contributed by atoms with Gasteiger partial charge in [-0.25, -0.2) is 0 Å². The van der Waals surface area contributed by atoms with Gasteiger partial charge in [-0.3, -0.25) is 4.90 Å². The van der Waals surface area contributed by atoms with Crippen LogP contribution in [0.15, 0.2) is 28.7 Å². The standard InChI is InChI=1S/C16H22BrNO2/c1-18(12-13-3-2-4-14(17)11-13)15-5-7-16(8-6-15)19-9-10-20-16/h2-4,11,15H,5-10,12H2,1H3. The fraction of sp³-hybridized carbons (Fsp3) is 0.625. The van der Waals surface area contributed by atoms with Crippen molar-refractivity contribution in [1.82, 2.24) is 4.90 Å². The Bertz CT molecular complexity index is 450. The third-order valence-corrected chi connectivity index (χ3v) is 4.97. The maximum Gasteiger partial charge on any atom is 0.168 e. The summed E-state index contributed by atoms with van der Waals surface area (Å²) in [5.74, 6) is -0.243. The van der Waals surface area contributed by atoms with Crippen molar-refractivity contribution in [3.05, 3.63) is 34.3 Å². The molecule has 1 aromatic carbocycles. The Morgan fingerprint density at radius 3 is 2.60 bits per heavy atom. The molecular formula is C16H22BrNO2. The van der Waals surface area contributed by atoms with Crippen molar-refractivity contribution in [2.45, 2.75) is 44.1 Å². The molecule has 0 amide bonds. The van der Waals surface area contributed by atoms with Gasteiger partial charge in [0, 0.05) is 29.9 Å². The van der Waals surface area contributed by atoms with Crippen molar-refractivity contribution < 1.29 is 9.47 Å². The summed E-state index contributed by atoms with van der Waals surface area (Å²) in [6, 6.07) is 9.19. The van der Waals surface area contributed by atoms with Crippen LogP contribution in [0.2, 0.25) is 0 Å². The second kappa shape index (κ2) is 6.14. The quantitative estimate of drug-likeness (QED) is 0.840. The van der Waals surface area contributed by atoms with Crippen LogP contribution in [-0.4, -0.2) is 37.0 Å². The highest BCUT2D eigenvalue weighted by molar-refractivity contribution is 9.10. The predicted octanol–water partition coefficient (Wildman–Crippen LogP) is 3.57. The van der Waals surface area contributed by atoms with Crippen LogP contribution < -0.4 is 0 Å². The third kappa shape index (κ3) is 3.25. The molecule has 20 heavy (non-hydrogen) atoms. The summed E-state index contributed by atoms with van der Waals surface area (Å²) in [7, 11) is 2.22. The Kier molecular flexibility index (Phi) is 4.46. The van der Waals surface area contributed by atoms with Crippen LogP contribution in [0.25, 0.3) is 0 Å². The van der Waals surface area contributed by atoms with Crippen LogP contribution in [-0.2, 0) is 16.0 Å². The van der Waals surface area contributed by atoms with Gasteiger partial charge in [0.25, 0.3) is 0 Å². The molecule has 1 aliphatic carbocycles. The zero-order valence-corrected chi connectivity index (χ0v) is 13.6. The average Bonchev–Trinajstić information content (AvgIpc) is 2.88. The molecule has 1 spiro atoms. The molecule has 0 radical (unpaired) electrons. The smallest absolute Gasteiger partial charge is 0.168 e. The van der Waals surface area contributed by atoms with Gasteiger partial charge >= 0.3 is 0 Å². The molecule has 1 saturated carbocycles. The minimum absolute atomic E-state index is 0.243. The van der Waals surface area contributed by atoms with E-state index in [4.69, 9.17) is 9.47 Å². The van der Waals surface area contributed by atoms with E-state index in [9.17, 15) is 0 Å². The van der Waals surface area contributed by atoms with E-state index in [1.165, 1.54) is 5.56 Å². The zero-order chi connectivity index (χ0) is 14.0. The molecule has 2 aliphatic rings. The molecule has 110 valence electrons. The molecule has 0 atom stereocenters. The molecule has 0 bridgehead atoms. The number of benzene rings is 1. The van der Waals surface area contributed by atoms with E-state index in [-0.39, 0.29) is 5.79 Å². The molecule has 3 rings (SSSR count). The largest absolute Gasteiger partial charge is 0.348 e. The zero-order valence-electron chi connectivity index (χ0n) is 12.0. The number of hydrogen-bond acceptors (Lipinski definition) is 3. The van der Waals surface area contributed by atoms with Gasteiger partial charge in [-0.05, 0) is 37.6 Å². The molecule has 0 unspecified atom stereocenters. The van der Waals surface area contributed by atoms with E-state index in [0.717, 1.165) is 49.9 Å². The fourth-order valence-electron chi connectivity index (χ4n) is 3.32. The minimum atomic E-state index is -0.243. The summed E-state index contributed by atoms with van der Waals surface area (Å²) < 4.78 is 12.7. The number of halogens is 1. The number of rotatable bonds is 3. The summed E-state index contributed by atoms with van der Waals surface area (Å²) in [6.07, 6.45) is 4.37. The summed E-state index contributed by atoms with van der Waals surface area (Å²) in [4.78, 5) is 2.46. The summed E-state index contributed by atoms with van der Waals surface area (Å²) >= 11 is 3.54. The molecule has 2 fully saturated rings. The van der Waals surface area contributed by atoms with Gasteiger partial charge in [-0.1, -0.05) is 28.1 Å². The van der Waals surface area contributed by atoms with Gasteiger partial charge in [0.1, 0.15) is 0 Å². The lowest BCUT2D eigenvalue weighted by atomic mass is 9.89. The SMILES string of the molecule is CN(Cc1cccc(Br)c1)C1CCC2(CC1)OCCO2. The first-order chi connectivity index (χ1) is 9.67. The lowest BCUT2D eigenvalue weighted by molar-refractivity contribution is -0.183. The van der Waals surface area contributed by atoms with E-state index in [1.54, 1.807) is 0 Å². The monoisotopic (exact) mass is 339 g/mol. The highest BCUT2D eigenvalue weighted by Crippen LogP contribution is 2.37. The molecule has 1 aromatic rings. The molecule has 1 heterocycles. The second-order valence-corrected chi connectivity index (χ2v) is 6.80. The first-order valence-electron chi connectivity index (χ1n) is 7.39. The first-order valence-corrected chi connectivity index (χ1v) is 8.19. The molecule has 3 nitrogen and oxygen atoms in total. The van der Waals surface area contributed by atoms with Gasteiger partial charge < -0.3 is 9.47 Å². The molecule has 4 heteroatoms. The highest BCUT2D eigenvalue weighted by Gasteiger charge is 2.40. The maximum absolute atomic E-state index is 5.80. The van der Waals surface area contributed by atoms with Gasteiger partial charge in [0.05, 0.1) is 13.2 Å². The van der Waals surface area contributed by atoms with Crippen molar-refractivity contribution in [2.24, 2.45) is 0 Å². The average molecular weight is 340 g/mol. The van der Waals surface area contributed by atoms with E-state index >= 15 is 0 Å². The fourth-order valence-corrected chi connectivity index (χ4v) is 3.77. The summed E-state index contributed by atoms with van der Waals surface area (Å²) in [6.45, 7) is 2.52. The lowest BCUT2D eigenvalue weighted by Gasteiger charge is -2.39. The van der Waals surface area contributed by atoms with E-state index in [2.05, 4.69) is 52.1 Å². The van der Waals surface area contributed by atoms with Crippen LogP contribution in [0.5, 0.6) is 0 Å². The Morgan fingerprint density at radius 1 is 1.25 bits per heavy atom. The molecular weight excluding hydrogens is 318 g/mol. The number of ether oxygens (including phenoxy) is 2. The van der Waals surface area contributed by atoms with Gasteiger partial charge in [-0.2, -0.15) is 0 Å². The van der Waals surface area contributed by atoms with Crippen molar-refractivity contribution in [1.29, 1.82) is 0 Å². The van der Waals surface area contributed by atoms with E-state index in [0.29, 0.717) is 6.04 Å². The van der Waals surface area contributed by atoms with Crippen LogP contribution in [0.3, 0.4) is 0 Å². The molecule has 1 saturated heterocycles. The molecule has 0 N–H and O–H groups in total. The van der Waals surface area contributed by atoms with Gasteiger partial charge in [0.2, 0.25) is 0 Å². The second-order valence-electron chi connectivity index (χ2n) is 5.88. The predicted molar refractivity (Wildman–Crippen MR) is 82.5 cm³/mol. The number of hydrogen-bond donors (Lipinski definition) is 0. The van der Waals surface area contributed by atoms with Crippen molar-refractivity contribution in [3.8, 4) is 0 Å². The van der Waals surface area contributed by atoms with Gasteiger partial charge in [0.15, 0.2) is 5.79 Å². The molecule has 1 aliphatic heterocycles. The molecule has 0 aromatic heterocycles. The topological polar surface area (TPSA) is 21.7 Å². The van der Waals surface area contributed by atoms with Crippen molar-refractivity contribution in [2.75, 3.05) is 20.3 Å². The Labute approximate surface area is 129 Å². The Morgan fingerprint density at radius 2 is 1.95 bits per heavy atom. The Hall–Kier alpha value is -0.420. The van der Waals surface area contributed by atoms with Gasteiger partial charge in [-0.15, -0.1) is 0 Å². The van der Waals surface area contributed by atoms with E-state index < -0.39 is 0 Å². The van der Waals surface area contributed by atoms with Crippen molar-refractivity contribution >= 4 is 15.9 Å². The minimum Gasteiger partial charge on any atom is -0.348 e. The first kappa shape index (κ1) is 14.5. The van der Waals surface area contributed by atoms with Crippen LogP contribution in [0, 0.1) is 0 Å². The highest BCUT2D eigenvalue weighted by atomic mass is 79.9. The van der Waals surface area contributed by atoms with Crippen LogP contribution in [0.1, 0.15) is 31.2 Å². The van der Waals surface area contributed by atoms with Crippen LogP contribution >= 0.6 is 15.9 Å². The van der Waals surface area contributed by atoms with Crippen LogP contribution in [0.4, 0.5) is 0 Å². The number of nitrogens with zero attached hydrogens (tertiary/aromatic N) is 1. The van der Waals surface area contributed by atoms with E-state index in [1.807, 2.05) is 0 Å². The summed E-state index contributed by atoms with van der Waals surface area (Å²) in [5, 5.41) is 0. The maximum atomic E-state index is 5.80. The summed E-state index contributed by atoms with van der Waals surface area (Å²) in [5.41, 5.74) is 1.36. The van der Waals surface area contributed by atoms with Crippen molar-refractivity contribution in [3.63, 3.8) is 0 Å². The Balaban J connectivity index is 1.55.